The van der Waals surface area contributed by atoms with E-state index in [1.807, 2.05) is 0 Å². The van der Waals surface area contributed by atoms with Crippen molar-refractivity contribution in [1.82, 2.24) is 5.32 Å². The van der Waals surface area contributed by atoms with Crippen LogP contribution in [0.3, 0.4) is 0 Å². The lowest BCUT2D eigenvalue weighted by molar-refractivity contribution is 0.148. The second-order valence-corrected chi connectivity index (χ2v) is 5.50. The number of nitrogens with one attached hydrogen (secondary N) is 1. The lowest BCUT2D eigenvalue weighted by Gasteiger charge is -2.29. The molecule has 0 saturated carbocycles. The Hall–Kier alpha value is -0.860. The van der Waals surface area contributed by atoms with Gasteiger partial charge in [0.2, 0.25) is 0 Å². The van der Waals surface area contributed by atoms with Gasteiger partial charge >= 0.3 is 0 Å². The van der Waals surface area contributed by atoms with Crippen LogP contribution >= 0.6 is 0 Å². The second kappa shape index (κ2) is 5.65. The van der Waals surface area contributed by atoms with E-state index in [-0.39, 0.29) is 0 Å². The highest BCUT2D eigenvalue weighted by molar-refractivity contribution is 5.17. The van der Waals surface area contributed by atoms with E-state index in [9.17, 15) is 0 Å². The van der Waals surface area contributed by atoms with Crippen LogP contribution in [0, 0.1) is 5.41 Å². The van der Waals surface area contributed by atoms with Crippen LogP contribution in [0.1, 0.15) is 25.8 Å². The molecule has 1 aromatic carbocycles. The summed E-state index contributed by atoms with van der Waals surface area (Å²) in [4.78, 5) is 0. The minimum absolute atomic E-state index is 0.297. The summed E-state index contributed by atoms with van der Waals surface area (Å²) in [5.41, 5.74) is 1.72. The third kappa shape index (κ3) is 3.55. The minimum Gasteiger partial charge on any atom is -0.381 e. The molecule has 1 fully saturated rings. The van der Waals surface area contributed by atoms with Gasteiger partial charge in [-0.1, -0.05) is 44.2 Å². The van der Waals surface area contributed by atoms with Crippen LogP contribution in [0.2, 0.25) is 0 Å². The van der Waals surface area contributed by atoms with Crippen LogP contribution in [0.15, 0.2) is 30.3 Å². The van der Waals surface area contributed by atoms with Crippen molar-refractivity contribution in [3.05, 3.63) is 35.9 Å². The van der Waals surface area contributed by atoms with E-state index in [0.717, 1.165) is 26.2 Å². The molecule has 0 aliphatic carbocycles. The van der Waals surface area contributed by atoms with Crippen LogP contribution in [-0.4, -0.2) is 25.8 Å². The van der Waals surface area contributed by atoms with E-state index in [1.54, 1.807) is 0 Å². The second-order valence-electron chi connectivity index (χ2n) is 5.50. The van der Waals surface area contributed by atoms with Gasteiger partial charge in [-0.25, -0.2) is 0 Å². The third-order valence-corrected chi connectivity index (χ3v) is 3.49. The Morgan fingerprint density at radius 2 is 2.06 bits per heavy atom. The van der Waals surface area contributed by atoms with E-state index in [4.69, 9.17) is 4.74 Å². The highest BCUT2D eigenvalue weighted by Crippen LogP contribution is 2.32. The zero-order chi connectivity index (χ0) is 12.1. The van der Waals surface area contributed by atoms with Gasteiger partial charge in [-0.05, 0) is 18.4 Å². The maximum atomic E-state index is 5.62. The van der Waals surface area contributed by atoms with Crippen LogP contribution in [0.4, 0.5) is 0 Å². The fraction of sp³-hybridized carbons (Fsp3) is 0.600. The van der Waals surface area contributed by atoms with Crippen LogP contribution in [0.25, 0.3) is 0 Å². The molecule has 2 heteroatoms. The zero-order valence-corrected chi connectivity index (χ0v) is 10.9. The monoisotopic (exact) mass is 233 g/mol. The number of hydrogen-bond acceptors (Lipinski definition) is 2. The molecule has 0 radical (unpaired) electrons. The highest BCUT2D eigenvalue weighted by atomic mass is 16.5. The molecule has 1 aliphatic rings. The van der Waals surface area contributed by atoms with E-state index < -0.39 is 0 Å². The molecule has 1 atom stereocenters. The van der Waals surface area contributed by atoms with Gasteiger partial charge in [-0.15, -0.1) is 0 Å². The van der Waals surface area contributed by atoms with Gasteiger partial charge in [-0.3, -0.25) is 0 Å². The average molecular weight is 233 g/mol. The summed E-state index contributed by atoms with van der Waals surface area (Å²) in [5.74, 6) is 0. The summed E-state index contributed by atoms with van der Waals surface area (Å²) >= 11 is 0. The third-order valence-electron chi connectivity index (χ3n) is 3.49. The maximum Gasteiger partial charge on any atom is 0.0538 e. The van der Waals surface area contributed by atoms with Gasteiger partial charge in [0.1, 0.15) is 0 Å². The topological polar surface area (TPSA) is 21.3 Å². The molecule has 1 unspecified atom stereocenters. The van der Waals surface area contributed by atoms with Crippen molar-refractivity contribution in [1.29, 1.82) is 0 Å². The molecule has 0 bridgehead atoms. The van der Waals surface area contributed by atoms with E-state index in [1.165, 1.54) is 12.0 Å². The Bertz CT molecular complexity index is 328. The molecule has 1 heterocycles. The van der Waals surface area contributed by atoms with Crippen molar-refractivity contribution < 1.29 is 4.74 Å². The molecular weight excluding hydrogens is 210 g/mol. The molecule has 94 valence electrons. The van der Waals surface area contributed by atoms with Gasteiger partial charge < -0.3 is 10.1 Å². The van der Waals surface area contributed by atoms with Crippen molar-refractivity contribution in [2.75, 3.05) is 19.8 Å². The van der Waals surface area contributed by atoms with Gasteiger partial charge in [0.05, 0.1) is 6.61 Å². The summed E-state index contributed by atoms with van der Waals surface area (Å²) in [6.07, 6.45) is 2.29. The summed E-state index contributed by atoms with van der Waals surface area (Å²) in [7, 11) is 0. The summed E-state index contributed by atoms with van der Waals surface area (Å²) < 4.78 is 5.62. The standard InChI is InChI=1S/C15H23NO/c1-13(2)16-11-15(8-9-17-12-15)10-14-6-4-3-5-7-14/h3-7,13,16H,8-12H2,1-2H3. The first-order chi connectivity index (χ1) is 8.20. The Labute approximate surface area is 104 Å². The number of rotatable bonds is 5. The van der Waals surface area contributed by atoms with Crippen LogP contribution < -0.4 is 5.32 Å². The molecule has 1 aliphatic heterocycles. The molecule has 0 amide bonds. The lowest BCUT2D eigenvalue weighted by Crippen LogP contribution is -2.39. The quantitative estimate of drug-likeness (QED) is 0.844. The van der Waals surface area contributed by atoms with Crippen LogP contribution in [0.5, 0.6) is 0 Å². The molecule has 2 rings (SSSR count). The summed E-state index contributed by atoms with van der Waals surface area (Å²) in [6, 6.07) is 11.3. The minimum atomic E-state index is 0.297. The first-order valence-electron chi connectivity index (χ1n) is 6.55. The molecule has 1 N–H and O–H groups in total. The average Bonchev–Trinajstić information content (AvgIpc) is 2.77. The Morgan fingerprint density at radius 3 is 2.65 bits per heavy atom. The predicted molar refractivity (Wildman–Crippen MR) is 71.2 cm³/mol. The fourth-order valence-electron chi connectivity index (χ4n) is 2.44. The van der Waals surface area contributed by atoms with Crippen molar-refractivity contribution in [3.63, 3.8) is 0 Å². The Morgan fingerprint density at radius 1 is 1.29 bits per heavy atom. The highest BCUT2D eigenvalue weighted by Gasteiger charge is 2.34. The predicted octanol–water partition coefficient (Wildman–Crippen LogP) is 2.63. The summed E-state index contributed by atoms with van der Waals surface area (Å²) in [5, 5.41) is 3.57. The first-order valence-corrected chi connectivity index (χ1v) is 6.55. The number of benzene rings is 1. The Balaban J connectivity index is 2.01. The first kappa shape index (κ1) is 12.6. The van der Waals surface area contributed by atoms with E-state index in [2.05, 4.69) is 49.5 Å². The fourth-order valence-corrected chi connectivity index (χ4v) is 2.44. The smallest absolute Gasteiger partial charge is 0.0538 e. The van der Waals surface area contributed by atoms with Crippen molar-refractivity contribution >= 4 is 0 Å². The lowest BCUT2D eigenvalue weighted by atomic mass is 9.80. The van der Waals surface area contributed by atoms with Gasteiger partial charge in [0.25, 0.3) is 0 Å². The molecule has 17 heavy (non-hydrogen) atoms. The molecule has 1 saturated heterocycles. The molecule has 0 aromatic heterocycles. The van der Waals surface area contributed by atoms with Crippen molar-refractivity contribution in [3.8, 4) is 0 Å². The largest absolute Gasteiger partial charge is 0.381 e. The molecule has 0 spiro atoms. The van der Waals surface area contributed by atoms with E-state index >= 15 is 0 Å². The van der Waals surface area contributed by atoms with Crippen molar-refractivity contribution in [2.24, 2.45) is 5.41 Å². The normalized spacial score (nSPS) is 24.4. The van der Waals surface area contributed by atoms with Crippen LogP contribution in [-0.2, 0) is 11.2 Å². The molecular formula is C15H23NO. The molecule has 2 nitrogen and oxygen atoms in total. The zero-order valence-electron chi connectivity index (χ0n) is 10.9. The molecule has 1 aromatic rings. The van der Waals surface area contributed by atoms with E-state index in [0.29, 0.717) is 11.5 Å². The van der Waals surface area contributed by atoms with Gasteiger partial charge in [-0.2, -0.15) is 0 Å². The number of ether oxygens (including phenoxy) is 1. The van der Waals surface area contributed by atoms with Crippen molar-refractivity contribution in [2.45, 2.75) is 32.7 Å². The number of hydrogen-bond donors (Lipinski definition) is 1. The van der Waals surface area contributed by atoms with Gasteiger partial charge in [0.15, 0.2) is 0 Å². The maximum absolute atomic E-state index is 5.62. The van der Waals surface area contributed by atoms with Gasteiger partial charge in [0, 0.05) is 24.6 Å². The SMILES string of the molecule is CC(C)NCC1(Cc2ccccc2)CCOC1. The summed E-state index contributed by atoms with van der Waals surface area (Å²) in [6.45, 7) is 7.26. The Kier molecular flexibility index (Phi) is 4.19.